The van der Waals surface area contributed by atoms with Gasteiger partial charge in [-0.3, -0.25) is 4.79 Å². The minimum atomic E-state index is -0.284. The van der Waals surface area contributed by atoms with Crippen LogP contribution in [0.2, 0.25) is 0 Å². The number of nitrogens with two attached hydrogens (primary N) is 1. The van der Waals surface area contributed by atoms with Crippen LogP contribution < -0.4 is 5.73 Å². The van der Waals surface area contributed by atoms with Gasteiger partial charge >= 0.3 is 0 Å². The summed E-state index contributed by atoms with van der Waals surface area (Å²) in [4.78, 5) is 14.4. The molecule has 0 aliphatic rings. The molecule has 0 heterocycles. The molecule has 3 nitrogen and oxygen atoms in total. The fraction of sp³-hybridized carbons (Fsp3) is 0.350. The topological polar surface area (TPSA) is 46.3 Å². The first kappa shape index (κ1) is 17.2. The summed E-state index contributed by atoms with van der Waals surface area (Å²) in [6.07, 6.45) is 1.03. The number of carbonyl (C=O) groups is 1. The maximum Gasteiger partial charge on any atom is 0.227 e. The van der Waals surface area contributed by atoms with Crippen LogP contribution in [0.5, 0.6) is 0 Å². The Balaban J connectivity index is 2.00. The molecule has 2 aromatic carbocycles. The van der Waals surface area contributed by atoms with Gasteiger partial charge < -0.3 is 10.6 Å². The third-order valence-corrected chi connectivity index (χ3v) is 4.34. The van der Waals surface area contributed by atoms with E-state index in [9.17, 15) is 4.79 Å². The lowest BCUT2D eigenvalue weighted by molar-refractivity contribution is -0.134. The fourth-order valence-corrected chi connectivity index (χ4v) is 2.70. The van der Waals surface area contributed by atoms with E-state index < -0.39 is 0 Å². The van der Waals surface area contributed by atoms with Crippen molar-refractivity contribution >= 4 is 5.91 Å². The van der Waals surface area contributed by atoms with Crippen molar-refractivity contribution in [2.75, 3.05) is 7.05 Å². The van der Waals surface area contributed by atoms with Crippen LogP contribution in [0.15, 0.2) is 54.6 Å². The van der Waals surface area contributed by atoms with Crippen LogP contribution in [0.4, 0.5) is 0 Å². The highest BCUT2D eigenvalue weighted by Crippen LogP contribution is 2.21. The van der Waals surface area contributed by atoms with Crippen molar-refractivity contribution in [2.24, 2.45) is 11.7 Å². The van der Waals surface area contributed by atoms with E-state index >= 15 is 0 Å². The lowest BCUT2D eigenvalue weighted by atomic mass is 9.94. The highest BCUT2D eigenvalue weighted by Gasteiger charge is 2.24. The molecule has 0 aliphatic carbocycles. The summed E-state index contributed by atoms with van der Waals surface area (Å²) < 4.78 is 0. The van der Waals surface area contributed by atoms with Crippen LogP contribution in [0.3, 0.4) is 0 Å². The molecule has 2 aromatic rings. The van der Waals surface area contributed by atoms with Crippen molar-refractivity contribution in [1.29, 1.82) is 0 Å². The van der Waals surface area contributed by atoms with Gasteiger partial charge in [0.15, 0.2) is 0 Å². The summed E-state index contributed by atoms with van der Waals surface area (Å²) in [6, 6.07) is 17.9. The summed E-state index contributed by atoms with van der Waals surface area (Å²) in [6.45, 7) is 4.64. The molecular formula is C20H26N2O. The molecule has 0 saturated heterocycles. The average molecular weight is 310 g/mol. The third-order valence-electron chi connectivity index (χ3n) is 4.34. The SMILES string of the molecule is CCc1ccc(CN(C)C(=O)C(C)C(N)c2ccccc2)cc1. The Morgan fingerprint density at radius 3 is 2.17 bits per heavy atom. The highest BCUT2D eigenvalue weighted by atomic mass is 16.2. The van der Waals surface area contributed by atoms with Gasteiger partial charge in [-0.25, -0.2) is 0 Å². The van der Waals surface area contributed by atoms with Crippen molar-refractivity contribution in [3.63, 3.8) is 0 Å². The lowest BCUT2D eigenvalue weighted by Gasteiger charge is -2.25. The van der Waals surface area contributed by atoms with E-state index in [2.05, 4.69) is 31.2 Å². The standard InChI is InChI=1S/C20H26N2O/c1-4-16-10-12-17(13-11-16)14-22(3)20(23)15(2)19(21)18-8-6-5-7-9-18/h5-13,15,19H,4,14,21H2,1-3H3. The maximum absolute atomic E-state index is 12.6. The Morgan fingerprint density at radius 2 is 1.61 bits per heavy atom. The first-order chi connectivity index (χ1) is 11.0. The number of rotatable bonds is 6. The molecule has 0 bridgehead atoms. The van der Waals surface area contributed by atoms with Crippen molar-refractivity contribution in [3.05, 3.63) is 71.3 Å². The number of nitrogens with zero attached hydrogens (tertiary/aromatic N) is 1. The minimum Gasteiger partial charge on any atom is -0.341 e. The zero-order chi connectivity index (χ0) is 16.8. The van der Waals surface area contributed by atoms with Gasteiger partial charge in [0.25, 0.3) is 0 Å². The summed E-state index contributed by atoms with van der Waals surface area (Å²) in [5, 5.41) is 0. The largest absolute Gasteiger partial charge is 0.341 e. The molecule has 122 valence electrons. The second kappa shape index (κ2) is 7.93. The predicted octanol–water partition coefficient (Wildman–Crippen LogP) is 3.54. The van der Waals surface area contributed by atoms with E-state index in [0.717, 1.165) is 17.5 Å². The lowest BCUT2D eigenvalue weighted by Crippen LogP contribution is -2.36. The summed E-state index contributed by atoms with van der Waals surface area (Å²) in [5.74, 6) is -0.182. The molecule has 3 heteroatoms. The van der Waals surface area contributed by atoms with Crippen molar-refractivity contribution in [3.8, 4) is 0 Å². The quantitative estimate of drug-likeness (QED) is 0.887. The highest BCUT2D eigenvalue weighted by molar-refractivity contribution is 5.79. The Morgan fingerprint density at radius 1 is 1.04 bits per heavy atom. The summed E-state index contributed by atoms with van der Waals surface area (Å²) in [5.41, 5.74) is 9.70. The van der Waals surface area contributed by atoms with Crippen molar-refractivity contribution in [2.45, 2.75) is 32.9 Å². The molecule has 0 saturated carbocycles. The Labute approximate surface area is 139 Å². The van der Waals surface area contributed by atoms with E-state index in [0.29, 0.717) is 6.54 Å². The Kier molecular flexibility index (Phi) is 5.94. The molecule has 2 atom stereocenters. The van der Waals surface area contributed by atoms with E-state index in [4.69, 9.17) is 5.73 Å². The smallest absolute Gasteiger partial charge is 0.227 e. The number of amides is 1. The monoisotopic (exact) mass is 310 g/mol. The van der Waals surface area contributed by atoms with Gasteiger partial charge in [0.05, 0.1) is 5.92 Å². The Bertz CT molecular complexity index is 622. The molecule has 2 unspecified atom stereocenters. The third kappa shape index (κ3) is 4.42. The zero-order valence-electron chi connectivity index (χ0n) is 14.2. The summed E-state index contributed by atoms with van der Waals surface area (Å²) in [7, 11) is 1.84. The van der Waals surface area contributed by atoms with Gasteiger partial charge in [-0.2, -0.15) is 0 Å². The van der Waals surface area contributed by atoms with Gasteiger partial charge in [-0.15, -0.1) is 0 Å². The predicted molar refractivity (Wildman–Crippen MR) is 94.8 cm³/mol. The molecule has 0 spiro atoms. The number of hydrogen-bond acceptors (Lipinski definition) is 2. The second-order valence-electron chi connectivity index (χ2n) is 6.09. The number of benzene rings is 2. The van der Waals surface area contributed by atoms with Gasteiger partial charge in [0.2, 0.25) is 5.91 Å². The average Bonchev–Trinajstić information content (AvgIpc) is 2.61. The first-order valence-corrected chi connectivity index (χ1v) is 8.16. The molecule has 1 amide bonds. The van der Waals surface area contributed by atoms with Gasteiger partial charge in [-0.05, 0) is 23.1 Å². The van der Waals surface area contributed by atoms with Crippen LogP contribution in [0.25, 0.3) is 0 Å². The van der Waals surface area contributed by atoms with E-state index in [1.807, 2.05) is 44.3 Å². The molecule has 0 aromatic heterocycles. The normalized spacial score (nSPS) is 13.4. The minimum absolute atomic E-state index is 0.0703. The number of hydrogen-bond donors (Lipinski definition) is 1. The molecule has 0 radical (unpaired) electrons. The van der Waals surface area contributed by atoms with Crippen molar-refractivity contribution in [1.82, 2.24) is 4.90 Å². The molecule has 0 aliphatic heterocycles. The molecule has 0 fully saturated rings. The van der Waals surface area contributed by atoms with Crippen LogP contribution in [0.1, 0.15) is 36.6 Å². The van der Waals surface area contributed by atoms with Gasteiger partial charge in [-0.1, -0.05) is 68.4 Å². The second-order valence-corrected chi connectivity index (χ2v) is 6.09. The molecular weight excluding hydrogens is 284 g/mol. The summed E-state index contributed by atoms with van der Waals surface area (Å²) >= 11 is 0. The Hall–Kier alpha value is -2.13. The molecule has 2 N–H and O–H groups in total. The molecule has 23 heavy (non-hydrogen) atoms. The van der Waals surface area contributed by atoms with Gasteiger partial charge in [0, 0.05) is 19.6 Å². The van der Waals surface area contributed by atoms with E-state index in [1.165, 1.54) is 5.56 Å². The van der Waals surface area contributed by atoms with Crippen LogP contribution in [0, 0.1) is 5.92 Å². The van der Waals surface area contributed by atoms with Crippen LogP contribution in [-0.4, -0.2) is 17.9 Å². The zero-order valence-corrected chi connectivity index (χ0v) is 14.2. The number of aryl methyl sites for hydroxylation is 1. The fourth-order valence-electron chi connectivity index (χ4n) is 2.70. The van der Waals surface area contributed by atoms with Crippen LogP contribution in [-0.2, 0) is 17.8 Å². The van der Waals surface area contributed by atoms with E-state index in [1.54, 1.807) is 4.90 Å². The number of carbonyl (C=O) groups excluding carboxylic acids is 1. The van der Waals surface area contributed by atoms with Crippen molar-refractivity contribution < 1.29 is 4.79 Å². The first-order valence-electron chi connectivity index (χ1n) is 8.16. The molecule has 2 rings (SSSR count). The van der Waals surface area contributed by atoms with E-state index in [-0.39, 0.29) is 17.9 Å². The van der Waals surface area contributed by atoms with Gasteiger partial charge in [0.1, 0.15) is 0 Å². The maximum atomic E-state index is 12.6. The van der Waals surface area contributed by atoms with Crippen LogP contribution >= 0.6 is 0 Å².